The minimum atomic E-state index is -0.371. The van der Waals surface area contributed by atoms with Crippen LogP contribution in [0.1, 0.15) is 21.6 Å². The van der Waals surface area contributed by atoms with Gasteiger partial charge in [-0.15, -0.1) is 0 Å². The number of aromatic nitrogens is 2. The molecule has 0 aliphatic carbocycles. The zero-order valence-corrected chi connectivity index (χ0v) is 15.5. The number of H-pyrrole nitrogens is 1. The number of carbonyl (C=O) groups excluding carboxylic acids is 1. The molecule has 0 atom stereocenters. The van der Waals surface area contributed by atoms with Gasteiger partial charge in [-0.3, -0.25) is 9.89 Å². The van der Waals surface area contributed by atoms with Crippen molar-refractivity contribution in [2.24, 2.45) is 5.10 Å². The van der Waals surface area contributed by atoms with Crippen molar-refractivity contribution in [1.82, 2.24) is 15.6 Å². The van der Waals surface area contributed by atoms with Crippen LogP contribution >= 0.6 is 0 Å². The Kier molecular flexibility index (Phi) is 6.25. The van der Waals surface area contributed by atoms with Gasteiger partial charge >= 0.3 is 0 Å². The molecule has 0 fully saturated rings. The maximum absolute atomic E-state index is 11.8. The van der Waals surface area contributed by atoms with Gasteiger partial charge in [0.15, 0.2) is 0 Å². The molecule has 1 amide bonds. The maximum atomic E-state index is 11.8. The maximum Gasteiger partial charge on any atom is 0.289 e. The summed E-state index contributed by atoms with van der Waals surface area (Å²) in [6.45, 7) is 0.304. The molecule has 28 heavy (non-hydrogen) atoms. The molecule has 0 radical (unpaired) electrons. The first-order valence-corrected chi connectivity index (χ1v) is 8.46. The van der Waals surface area contributed by atoms with Gasteiger partial charge in [0.1, 0.15) is 29.5 Å². The predicted octanol–water partition coefficient (Wildman–Crippen LogP) is 2.77. The van der Waals surface area contributed by atoms with Crippen molar-refractivity contribution in [1.29, 1.82) is 0 Å². The number of hydrogen-bond acceptors (Lipinski definition) is 6. The number of methoxy groups -OCH3 is 2. The molecule has 0 bridgehead atoms. The van der Waals surface area contributed by atoms with Gasteiger partial charge in [-0.25, -0.2) is 5.43 Å². The highest BCUT2D eigenvalue weighted by molar-refractivity contribution is 5.93. The lowest BCUT2D eigenvalue weighted by atomic mass is 10.1. The standard InChI is InChI=1S/C20H20N4O4/c1-26-16-4-3-5-17(11-16)28-13-15-10-14(6-7-19(15)27-2)12-22-24-20(25)18-8-9-21-23-18/h3-12H,13H2,1-2H3,(H,21,23)(H,24,25). The van der Waals surface area contributed by atoms with Gasteiger partial charge in [0.05, 0.1) is 20.4 Å². The lowest BCUT2D eigenvalue weighted by Gasteiger charge is -2.11. The Morgan fingerprint density at radius 3 is 2.75 bits per heavy atom. The number of rotatable bonds is 8. The molecule has 0 saturated heterocycles. The highest BCUT2D eigenvalue weighted by Crippen LogP contribution is 2.24. The first-order valence-electron chi connectivity index (χ1n) is 8.46. The SMILES string of the molecule is COc1cccc(OCc2cc(C=NNC(=O)c3ccn[nH]3)ccc2OC)c1. The van der Waals surface area contributed by atoms with Crippen LogP contribution < -0.4 is 19.6 Å². The molecular formula is C20H20N4O4. The molecule has 1 aromatic heterocycles. The van der Waals surface area contributed by atoms with E-state index in [0.717, 1.165) is 16.9 Å². The van der Waals surface area contributed by atoms with Gasteiger partial charge in [-0.2, -0.15) is 10.2 Å². The van der Waals surface area contributed by atoms with Gasteiger partial charge < -0.3 is 14.2 Å². The highest BCUT2D eigenvalue weighted by atomic mass is 16.5. The molecule has 0 aliphatic rings. The first-order chi connectivity index (χ1) is 13.7. The van der Waals surface area contributed by atoms with Crippen molar-refractivity contribution >= 4 is 12.1 Å². The monoisotopic (exact) mass is 380 g/mol. The van der Waals surface area contributed by atoms with Crippen molar-refractivity contribution in [3.05, 3.63) is 71.5 Å². The summed E-state index contributed by atoms with van der Waals surface area (Å²) >= 11 is 0. The first kappa shape index (κ1) is 19.0. The minimum Gasteiger partial charge on any atom is -0.497 e. The van der Waals surface area contributed by atoms with Crippen molar-refractivity contribution < 1.29 is 19.0 Å². The average molecular weight is 380 g/mol. The van der Waals surface area contributed by atoms with Crippen molar-refractivity contribution in [2.75, 3.05) is 14.2 Å². The molecule has 0 unspecified atom stereocenters. The fourth-order valence-corrected chi connectivity index (χ4v) is 2.45. The van der Waals surface area contributed by atoms with Gasteiger partial charge in [-0.05, 0) is 42.0 Å². The summed E-state index contributed by atoms with van der Waals surface area (Å²) in [5, 5.41) is 10.3. The molecule has 8 nitrogen and oxygen atoms in total. The molecule has 0 aliphatic heterocycles. The second-order valence-corrected chi connectivity index (χ2v) is 5.71. The molecule has 1 heterocycles. The number of hydrazone groups is 1. The van der Waals surface area contributed by atoms with E-state index in [0.29, 0.717) is 23.8 Å². The van der Waals surface area contributed by atoms with Crippen LogP contribution in [0.3, 0.4) is 0 Å². The number of ether oxygens (including phenoxy) is 3. The topological polar surface area (TPSA) is 97.8 Å². The zero-order chi connectivity index (χ0) is 19.8. The Labute approximate surface area is 162 Å². The molecule has 8 heteroatoms. The van der Waals surface area contributed by atoms with Crippen LogP contribution in [-0.4, -0.2) is 36.5 Å². The lowest BCUT2D eigenvalue weighted by Crippen LogP contribution is -2.18. The number of benzene rings is 2. The van der Waals surface area contributed by atoms with E-state index < -0.39 is 0 Å². The van der Waals surface area contributed by atoms with Crippen LogP contribution in [0.4, 0.5) is 0 Å². The third kappa shape index (κ3) is 4.88. The van der Waals surface area contributed by atoms with E-state index in [2.05, 4.69) is 20.7 Å². The van der Waals surface area contributed by atoms with Crippen LogP contribution in [0.2, 0.25) is 0 Å². The van der Waals surface area contributed by atoms with Gasteiger partial charge in [0, 0.05) is 17.8 Å². The number of hydrogen-bond donors (Lipinski definition) is 2. The smallest absolute Gasteiger partial charge is 0.289 e. The summed E-state index contributed by atoms with van der Waals surface area (Å²) in [5.74, 6) is 1.73. The predicted molar refractivity (Wildman–Crippen MR) is 104 cm³/mol. The number of carbonyl (C=O) groups is 1. The molecule has 144 valence electrons. The van der Waals surface area contributed by atoms with Gasteiger partial charge in [0.25, 0.3) is 5.91 Å². The fraction of sp³-hybridized carbons (Fsp3) is 0.150. The Bertz CT molecular complexity index is 955. The second kappa shape index (κ2) is 9.22. The summed E-state index contributed by atoms with van der Waals surface area (Å²) in [7, 11) is 3.21. The number of amides is 1. The van der Waals surface area contributed by atoms with E-state index in [-0.39, 0.29) is 5.91 Å². The van der Waals surface area contributed by atoms with Crippen LogP contribution in [0.15, 0.2) is 59.8 Å². The lowest BCUT2D eigenvalue weighted by molar-refractivity contribution is 0.0950. The Morgan fingerprint density at radius 2 is 2.00 bits per heavy atom. The van der Waals surface area contributed by atoms with Gasteiger partial charge in [0.2, 0.25) is 0 Å². The molecule has 0 spiro atoms. The van der Waals surface area contributed by atoms with Crippen molar-refractivity contribution in [3.63, 3.8) is 0 Å². The molecular weight excluding hydrogens is 360 g/mol. The van der Waals surface area contributed by atoms with E-state index in [1.54, 1.807) is 26.5 Å². The number of nitrogens with one attached hydrogen (secondary N) is 2. The summed E-state index contributed by atoms with van der Waals surface area (Å²) < 4.78 is 16.4. The van der Waals surface area contributed by atoms with Crippen LogP contribution in [0.5, 0.6) is 17.2 Å². The van der Waals surface area contributed by atoms with Crippen molar-refractivity contribution in [2.45, 2.75) is 6.61 Å². The second-order valence-electron chi connectivity index (χ2n) is 5.71. The average Bonchev–Trinajstić information content (AvgIpc) is 3.27. The van der Waals surface area contributed by atoms with E-state index in [9.17, 15) is 4.79 Å². The van der Waals surface area contributed by atoms with E-state index in [4.69, 9.17) is 14.2 Å². The number of nitrogens with zero attached hydrogens (tertiary/aromatic N) is 2. The third-order valence-corrected chi connectivity index (χ3v) is 3.87. The molecule has 0 saturated carbocycles. The Morgan fingerprint density at radius 1 is 1.14 bits per heavy atom. The minimum absolute atomic E-state index is 0.304. The normalized spacial score (nSPS) is 10.6. The van der Waals surface area contributed by atoms with Crippen LogP contribution in [-0.2, 0) is 6.61 Å². The molecule has 3 rings (SSSR count). The molecule has 2 aromatic carbocycles. The molecule has 2 N–H and O–H groups in total. The van der Waals surface area contributed by atoms with Crippen molar-refractivity contribution in [3.8, 4) is 17.2 Å². The Hall–Kier alpha value is -3.81. The van der Waals surface area contributed by atoms with Crippen LogP contribution in [0.25, 0.3) is 0 Å². The summed E-state index contributed by atoms with van der Waals surface area (Å²) in [6, 6.07) is 14.5. The number of aromatic amines is 1. The third-order valence-electron chi connectivity index (χ3n) is 3.87. The quantitative estimate of drug-likeness (QED) is 0.463. The van der Waals surface area contributed by atoms with E-state index >= 15 is 0 Å². The zero-order valence-electron chi connectivity index (χ0n) is 15.5. The highest BCUT2D eigenvalue weighted by Gasteiger charge is 2.07. The molecule has 3 aromatic rings. The van der Waals surface area contributed by atoms with Gasteiger partial charge in [-0.1, -0.05) is 6.07 Å². The van der Waals surface area contributed by atoms with E-state index in [1.165, 1.54) is 6.20 Å². The largest absolute Gasteiger partial charge is 0.497 e. The summed E-state index contributed by atoms with van der Waals surface area (Å²) in [4.78, 5) is 11.8. The Balaban J connectivity index is 1.67. The van der Waals surface area contributed by atoms with Crippen LogP contribution in [0, 0.1) is 0 Å². The van der Waals surface area contributed by atoms with E-state index in [1.807, 2.05) is 42.5 Å². The summed E-state index contributed by atoms with van der Waals surface area (Å²) in [5.41, 5.74) is 4.40. The summed E-state index contributed by atoms with van der Waals surface area (Å²) in [6.07, 6.45) is 3.04. The fourth-order valence-electron chi connectivity index (χ4n) is 2.45.